The van der Waals surface area contributed by atoms with Crippen LogP contribution in [-0.4, -0.2) is 24.7 Å². The summed E-state index contributed by atoms with van der Waals surface area (Å²) in [5, 5.41) is 7.17. The average Bonchev–Trinajstić information content (AvgIpc) is 2.83. The predicted molar refractivity (Wildman–Crippen MR) is 65.5 cm³/mol. The van der Waals surface area contributed by atoms with Gasteiger partial charge in [0.05, 0.1) is 11.0 Å². The van der Waals surface area contributed by atoms with Gasteiger partial charge in [-0.1, -0.05) is 11.6 Å². The van der Waals surface area contributed by atoms with Gasteiger partial charge in [0.15, 0.2) is 11.6 Å². The average molecular weight is 249 g/mol. The highest BCUT2D eigenvalue weighted by Gasteiger charge is 2.13. The fraction of sp³-hybridized carbons (Fsp3) is 0.100. The van der Waals surface area contributed by atoms with E-state index >= 15 is 0 Å². The number of aromatic amines is 1. The van der Waals surface area contributed by atoms with Gasteiger partial charge in [-0.2, -0.15) is 4.98 Å². The van der Waals surface area contributed by atoms with Crippen LogP contribution in [0, 0.1) is 0 Å². The summed E-state index contributed by atoms with van der Waals surface area (Å²) >= 11 is 5.93. The molecule has 0 atom stereocenters. The van der Waals surface area contributed by atoms with Crippen LogP contribution in [0.25, 0.3) is 22.7 Å². The topological polar surface area (TPSA) is 85.4 Å². The van der Waals surface area contributed by atoms with Gasteiger partial charge >= 0.3 is 0 Å². The zero-order chi connectivity index (χ0) is 12.0. The molecule has 0 aliphatic rings. The quantitative estimate of drug-likeness (QED) is 0.685. The summed E-state index contributed by atoms with van der Waals surface area (Å²) in [6, 6.07) is 5.54. The van der Waals surface area contributed by atoms with Crippen LogP contribution in [0.2, 0.25) is 5.02 Å². The minimum absolute atomic E-state index is 0.199. The van der Waals surface area contributed by atoms with Crippen molar-refractivity contribution in [1.29, 1.82) is 0 Å². The molecule has 86 valence electrons. The van der Waals surface area contributed by atoms with Crippen LogP contribution in [0.3, 0.4) is 0 Å². The number of benzene rings is 1. The second kappa shape index (κ2) is 3.46. The number of hydrogen-bond donors (Lipinski definition) is 2. The van der Waals surface area contributed by atoms with E-state index in [4.69, 9.17) is 17.3 Å². The molecule has 3 rings (SSSR count). The first-order valence-electron chi connectivity index (χ1n) is 4.95. The first-order chi connectivity index (χ1) is 8.15. The molecule has 0 amide bonds. The van der Waals surface area contributed by atoms with Crippen molar-refractivity contribution in [2.75, 3.05) is 5.73 Å². The Bertz CT molecular complexity index is 698. The number of nitrogen functional groups attached to an aromatic ring is 1. The van der Waals surface area contributed by atoms with Crippen LogP contribution >= 0.6 is 11.6 Å². The van der Waals surface area contributed by atoms with E-state index in [2.05, 4.69) is 20.2 Å². The Labute approximate surface area is 101 Å². The molecule has 0 bridgehead atoms. The number of rotatable bonds is 1. The largest absolute Gasteiger partial charge is 0.366 e. The molecule has 0 unspecified atom stereocenters. The molecule has 7 heteroatoms. The Hall–Kier alpha value is -2.08. The Kier molecular flexibility index (Phi) is 2.05. The predicted octanol–water partition coefficient (Wildman–Crippen LogP) is 1.59. The highest BCUT2D eigenvalue weighted by atomic mass is 35.5. The Morgan fingerprint density at radius 2 is 2.18 bits per heavy atom. The van der Waals surface area contributed by atoms with Crippen molar-refractivity contribution in [2.45, 2.75) is 0 Å². The van der Waals surface area contributed by atoms with Crippen LogP contribution in [0.15, 0.2) is 18.2 Å². The third-order valence-corrected chi connectivity index (χ3v) is 2.79. The van der Waals surface area contributed by atoms with E-state index in [1.807, 2.05) is 23.7 Å². The van der Waals surface area contributed by atoms with Crippen molar-refractivity contribution < 1.29 is 0 Å². The lowest BCUT2D eigenvalue weighted by Gasteiger charge is -1.97. The monoisotopic (exact) mass is 248 g/mol. The number of nitrogens with zero attached hydrogens (tertiary/aromatic N) is 4. The maximum absolute atomic E-state index is 5.93. The van der Waals surface area contributed by atoms with Crippen LogP contribution in [-0.2, 0) is 7.05 Å². The number of hydrogen-bond acceptors (Lipinski definition) is 4. The van der Waals surface area contributed by atoms with Crippen LogP contribution in [0.5, 0.6) is 0 Å². The molecule has 0 saturated carbocycles. The van der Waals surface area contributed by atoms with Crippen molar-refractivity contribution in [3.05, 3.63) is 23.2 Å². The van der Waals surface area contributed by atoms with Gasteiger partial charge in [0.25, 0.3) is 0 Å². The number of nitrogens with one attached hydrogen (secondary N) is 1. The first-order valence-corrected chi connectivity index (χ1v) is 5.33. The van der Waals surface area contributed by atoms with E-state index in [0.717, 1.165) is 11.0 Å². The van der Waals surface area contributed by atoms with Gasteiger partial charge < -0.3 is 10.3 Å². The van der Waals surface area contributed by atoms with E-state index in [1.54, 1.807) is 6.07 Å². The number of fused-ring (bicyclic) bond motifs is 1. The molecule has 0 fully saturated rings. The van der Waals surface area contributed by atoms with Gasteiger partial charge in [-0.15, -0.1) is 5.10 Å². The van der Waals surface area contributed by atoms with Crippen molar-refractivity contribution in [3.8, 4) is 11.6 Å². The van der Waals surface area contributed by atoms with E-state index in [-0.39, 0.29) is 5.95 Å². The molecule has 0 spiro atoms. The second-order valence-corrected chi connectivity index (χ2v) is 4.11. The van der Waals surface area contributed by atoms with E-state index in [1.165, 1.54) is 0 Å². The Balaban J connectivity index is 2.27. The number of anilines is 1. The highest BCUT2D eigenvalue weighted by Crippen LogP contribution is 2.23. The Morgan fingerprint density at radius 3 is 2.88 bits per heavy atom. The van der Waals surface area contributed by atoms with Gasteiger partial charge in [-0.3, -0.25) is 5.10 Å². The fourth-order valence-corrected chi connectivity index (χ4v) is 1.93. The number of imidazole rings is 1. The molecule has 2 heterocycles. The minimum Gasteiger partial charge on any atom is -0.366 e. The van der Waals surface area contributed by atoms with Gasteiger partial charge in [-0.25, -0.2) is 4.98 Å². The minimum atomic E-state index is 0.199. The standard InChI is InChI=1S/C10H9ClN6/c1-17-7-3-2-5(11)4-6(7)13-9(17)8-14-10(12)16-15-8/h2-4H,1H3,(H3,12,14,15,16). The third kappa shape index (κ3) is 1.53. The molecular formula is C10H9ClN6. The summed E-state index contributed by atoms with van der Waals surface area (Å²) in [6.07, 6.45) is 0. The summed E-state index contributed by atoms with van der Waals surface area (Å²) in [5.41, 5.74) is 7.25. The Morgan fingerprint density at radius 1 is 1.35 bits per heavy atom. The van der Waals surface area contributed by atoms with E-state index in [9.17, 15) is 0 Å². The molecule has 0 saturated heterocycles. The molecule has 0 aliphatic carbocycles. The fourth-order valence-electron chi connectivity index (χ4n) is 1.76. The third-order valence-electron chi connectivity index (χ3n) is 2.56. The van der Waals surface area contributed by atoms with Crippen LogP contribution in [0.1, 0.15) is 0 Å². The molecule has 2 aromatic heterocycles. The second-order valence-electron chi connectivity index (χ2n) is 3.67. The summed E-state index contributed by atoms with van der Waals surface area (Å²) in [4.78, 5) is 8.50. The lowest BCUT2D eigenvalue weighted by Crippen LogP contribution is -1.94. The van der Waals surface area contributed by atoms with E-state index < -0.39 is 0 Å². The number of nitrogens with two attached hydrogens (primary N) is 1. The lowest BCUT2D eigenvalue weighted by atomic mass is 10.3. The zero-order valence-electron chi connectivity index (χ0n) is 8.98. The number of aryl methyl sites for hydroxylation is 1. The first kappa shape index (κ1) is 10.1. The number of halogens is 1. The van der Waals surface area contributed by atoms with Crippen molar-refractivity contribution in [1.82, 2.24) is 24.7 Å². The summed E-state index contributed by atoms with van der Waals surface area (Å²) in [5.74, 6) is 1.41. The molecule has 0 aliphatic heterocycles. The highest BCUT2D eigenvalue weighted by molar-refractivity contribution is 6.31. The summed E-state index contributed by atoms with van der Waals surface area (Å²) in [7, 11) is 1.90. The van der Waals surface area contributed by atoms with Gasteiger partial charge in [0, 0.05) is 12.1 Å². The molecule has 3 aromatic rings. The van der Waals surface area contributed by atoms with Crippen molar-refractivity contribution in [2.24, 2.45) is 7.05 Å². The zero-order valence-corrected chi connectivity index (χ0v) is 9.73. The SMILES string of the molecule is Cn1c(-c2nc(N)n[nH]2)nc2cc(Cl)ccc21. The maximum Gasteiger partial charge on any atom is 0.239 e. The summed E-state index contributed by atoms with van der Waals surface area (Å²) in [6.45, 7) is 0. The van der Waals surface area contributed by atoms with Crippen LogP contribution < -0.4 is 5.73 Å². The van der Waals surface area contributed by atoms with E-state index in [0.29, 0.717) is 16.7 Å². The summed E-state index contributed by atoms with van der Waals surface area (Å²) < 4.78 is 1.91. The number of H-pyrrole nitrogens is 1. The normalized spacial score (nSPS) is 11.2. The van der Waals surface area contributed by atoms with Crippen molar-refractivity contribution >= 4 is 28.6 Å². The molecule has 3 N–H and O–H groups in total. The lowest BCUT2D eigenvalue weighted by molar-refractivity contribution is 0.937. The van der Waals surface area contributed by atoms with Crippen LogP contribution in [0.4, 0.5) is 5.95 Å². The van der Waals surface area contributed by atoms with Gasteiger partial charge in [0.2, 0.25) is 5.95 Å². The van der Waals surface area contributed by atoms with Gasteiger partial charge in [-0.05, 0) is 18.2 Å². The molecule has 1 aromatic carbocycles. The number of aromatic nitrogens is 5. The molecule has 6 nitrogen and oxygen atoms in total. The van der Waals surface area contributed by atoms with Crippen molar-refractivity contribution in [3.63, 3.8) is 0 Å². The van der Waals surface area contributed by atoms with Gasteiger partial charge in [0.1, 0.15) is 0 Å². The smallest absolute Gasteiger partial charge is 0.239 e. The molecule has 0 radical (unpaired) electrons. The molecule has 17 heavy (non-hydrogen) atoms. The molecular weight excluding hydrogens is 240 g/mol. The maximum atomic E-state index is 5.93.